The van der Waals surface area contributed by atoms with Crippen molar-refractivity contribution in [3.8, 4) is 0 Å². The zero-order valence-corrected chi connectivity index (χ0v) is 20.5. The van der Waals surface area contributed by atoms with E-state index in [0.29, 0.717) is 23.4 Å². The molecule has 182 valence electrons. The molecule has 4 aliphatic rings. The molecule has 0 aromatic carbocycles. The third-order valence-corrected chi connectivity index (χ3v) is 7.77. The van der Waals surface area contributed by atoms with Crippen LogP contribution in [0.3, 0.4) is 0 Å². The SMILES string of the molecule is COCCCN1CCN(C(=O)C2C=C3C(=NC(=O)c4cnn(C5CCCC5)c43)C=C2C)C[C@@H]1C. The highest BCUT2D eigenvalue weighted by Gasteiger charge is 2.37. The maximum absolute atomic E-state index is 13.7. The van der Waals surface area contributed by atoms with Crippen molar-refractivity contribution >= 4 is 23.1 Å². The lowest BCUT2D eigenvalue weighted by atomic mass is 9.84. The minimum atomic E-state index is -0.339. The molecule has 0 bridgehead atoms. The third kappa shape index (κ3) is 4.18. The fourth-order valence-electron chi connectivity index (χ4n) is 5.84. The van der Waals surface area contributed by atoms with Crippen LogP contribution in [0.4, 0.5) is 0 Å². The summed E-state index contributed by atoms with van der Waals surface area (Å²) in [5.74, 6) is -0.443. The van der Waals surface area contributed by atoms with Crippen LogP contribution in [0.2, 0.25) is 0 Å². The molecule has 1 aromatic heterocycles. The number of rotatable bonds is 6. The summed E-state index contributed by atoms with van der Waals surface area (Å²) in [5.41, 5.74) is 3.88. The van der Waals surface area contributed by atoms with Gasteiger partial charge in [0, 0.05) is 51.5 Å². The van der Waals surface area contributed by atoms with Gasteiger partial charge in [-0.25, -0.2) is 4.99 Å². The molecule has 1 saturated heterocycles. The van der Waals surface area contributed by atoms with E-state index in [-0.39, 0.29) is 17.7 Å². The summed E-state index contributed by atoms with van der Waals surface area (Å²) in [5, 5.41) is 4.60. The number of aromatic nitrogens is 2. The number of hydrogen-bond acceptors (Lipinski definition) is 5. The van der Waals surface area contributed by atoms with Crippen LogP contribution in [0.15, 0.2) is 28.9 Å². The van der Waals surface area contributed by atoms with Gasteiger partial charge in [0.15, 0.2) is 0 Å². The zero-order chi connectivity index (χ0) is 23.8. The number of fused-ring (bicyclic) bond motifs is 3. The first-order valence-electron chi connectivity index (χ1n) is 12.6. The molecule has 0 N–H and O–H groups in total. The second-order valence-electron chi connectivity index (χ2n) is 10.1. The maximum atomic E-state index is 13.7. The van der Waals surface area contributed by atoms with E-state index in [1.807, 2.05) is 28.7 Å². The summed E-state index contributed by atoms with van der Waals surface area (Å²) in [6.07, 6.45) is 11.1. The van der Waals surface area contributed by atoms with Crippen LogP contribution in [-0.4, -0.2) is 83.0 Å². The Morgan fingerprint density at radius 2 is 2.03 bits per heavy atom. The lowest BCUT2D eigenvalue weighted by Gasteiger charge is -2.41. The van der Waals surface area contributed by atoms with Gasteiger partial charge in [0.2, 0.25) is 5.91 Å². The second-order valence-corrected chi connectivity index (χ2v) is 10.1. The molecule has 0 radical (unpaired) electrons. The van der Waals surface area contributed by atoms with Gasteiger partial charge in [-0.2, -0.15) is 5.10 Å². The number of carbonyl (C=O) groups is 2. The van der Waals surface area contributed by atoms with Gasteiger partial charge in [0.1, 0.15) is 0 Å². The minimum absolute atomic E-state index is 0.133. The molecule has 8 heteroatoms. The van der Waals surface area contributed by atoms with Gasteiger partial charge in [0.05, 0.1) is 35.1 Å². The van der Waals surface area contributed by atoms with Gasteiger partial charge >= 0.3 is 0 Å². The largest absolute Gasteiger partial charge is 0.385 e. The molecule has 34 heavy (non-hydrogen) atoms. The van der Waals surface area contributed by atoms with Gasteiger partial charge in [-0.15, -0.1) is 0 Å². The van der Waals surface area contributed by atoms with Crippen molar-refractivity contribution in [2.24, 2.45) is 10.9 Å². The highest BCUT2D eigenvalue weighted by atomic mass is 16.5. The van der Waals surface area contributed by atoms with E-state index in [4.69, 9.17) is 4.74 Å². The predicted molar refractivity (Wildman–Crippen MR) is 131 cm³/mol. The van der Waals surface area contributed by atoms with E-state index in [0.717, 1.165) is 68.9 Å². The Morgan fingerprint density at radius 3 is 2.76 bits per heavy atom. The number of hydrogen-bond donors (Lipinski definition) is 0. The lowest BCUT2D eigenvalue weighted by Crippen LogP contribution is -2.55. The molecule has 1 unspecified atom stereocenters. The molecule has 2 aliphatic heterocycles. The van der Waals surface area contributed by atoms with Gasteiger partial charge in [-0.05, 0) is 39.2 Å². The van der Waals surface area contributed by atoms with Gasteiger partial charge in [-0.3, -0.25) is 19.2 Å². The Labute approximate surface area is 201 Å². The Kier molecular flexibility index (Phi) is 6.53. The normalized spacial score (nSPS) is 25.6. The van der Waals surface area contributed by atoms with E-state index in [2.05, 4.69) is 21.9 Å². The first-order chi connectivity index (χ1) is 16.5. The van der Waals surface area contributed by atoms with Crippen molar-refractivity contribution in [3.05, 3.63) is 35.2 Å². The van der Waals surface area contributed by atoms with Crippen LogP contribution in [-0.2, 0) is 9.53 Å². The highest BCUT2D eigenvalue weighted by Crippen LogP contribution is 2.38. The molecular formula is C26H35N5O3. The quantitative estimate of drug-likeness (QED) is 0.603. The van der Waals surface area contributed by atoms with Crippen molar-refractivity contribution in [2.75, 3.05) is 39.9 Å². The van der Waals surface area contributed by atoms with Gasteiger partial charge in [-0.1, -0.05) is 24.5 Å². The zero-order valence-electron chi connectivity index (χ0n) is 20.5. The molecule has 1 saturated carbocycles. The Hall–Kier alpha value is -2.58. The van der Waals surface area contributed by atoms with Crippen LogP contribution in [0.1, 0.15) is 68.0 Å². The Morgan fingerprint density at radius 1 is 1.24 bits per heavy atom. The summed E-state index contributed by atoms with van der Waals surface area (Å²) < 4.78 is 7.21. The topological polar surface area (TPSA) is 80.0 Å². The molecule has 2 aliphatic carbocycles. The van der Waals surface area contributed by atoms with E-state index < -0.39 is 0 Å². The van der Waals surface area contributed by atoms with E-state index in [1.54, 1.807) is 13.3 Å². The van der Waals surface area contributed by atoms with Crippen LogP contribution < -0.4 is 0 Å². The molecule has 2 atom stereocenters. The van der Waals surface area contributed by atoms with E-state index in [1.165, 1.54) is 12.8 Å². The smallest absolute Gasteiger partial charge is 0.281 e. The first-order valence-corrected chi connectivity index (χ1v) is 12.6. The van der Waals surface area contributed by atoms with Crippen molar-refractivity contribution in [2.45, 2.75) is 58.0 Å². The first kappa shape index (κ1) is 23.2. The predicted octanol–water partition coefficient (Wildman–Crippen LogP) is 3.12. The minimum Gasteiger partial charge on any atom is -0.385 e. The molecule has 2 amide bonds. The molecule has 0 spiro atoms. The summed E-state index contributed by atoms with van der Waals surface area (Å²) in [6.45, 7) is 8.25. The van der Waals surface area contributed by atoms with Gasteiger partial charge < -0.3 is 9.64 Å². The van der Waals surface area contributed by atoms with Crippen LogP contribution in [0.25, 0.3) is 5.57 Å². The molecule has 1 aromatic rings. The number of aliphatic imine (C=N–C) groups is 1. The Balaban J connectivity index is 1.38. The summed E-state index contributed by atoms with van der Waals surface area (Å²) >= 11 is 0. The number of ether oxygens (including phenoxy) is 1. The van der Waals surface area contributed by atoms with Crippen LogP contribution in [0.5, 0.6) is 0 Å². The van der Waals surface area contributed by atoms with Gasteiger partial charge in [0.25, 0.3) is 5.91 Å². The van der Waals surface area contributed by atoms with Crippen molar-refractivity contribution < 1.29 is 14.3 Å². The number of amides is 2. The second kappa shape index (κ2) is 9.58. The molecular weight excluding hydrogens is 430 g/mol. The third-order valence-electron chi connectivity index (χ3n) is 7.77. The Bertz CT molecular complexity index is 1060. The number of methoxy groups -OCH3 is 1. The summed E-state index contributed by atoms with van der Waals surface area (Å²) in [4.78, 5) is 35.2. The van der Waals surface area contributed by atoms with Crippen LogP contribution in [0, 0.1) is 5.92 Å². The fourth-order valence-corrected chi connectivity index (χ4v) is 5.84. The molecule has 8 nitrogen and oxygen atoms in total. The average molecular weight is 466 g/mol. The van der Waals surface area contributed by atoms with E-state index in [9.17, 15) is 9.59 Å². The molecule has 5 rings (SSSR count). The van der Waals surface area contributed by atoms with Crippen molar-refractivity contribution in [1.29, 1.82) is 0 Å². The lowest BCUT2D eigenvalue weighted by molar-refractivity contribution is -0.135. The molecule has 3 heterocycles. The molecule has 2 fully saturated rings. The summed E-state index contributed by atoms with van der Waals surface area (Å²) in [6, 6.07) is 0.625. The average Bonchev–Trinajstić information content (AvgIpc) is 3.50. The monoisotopic (exact) mass is 465 g/mol. The highest BCUT2D eigenvalue weighted by molar-refractivity contribution is 6.36. The van der Waals surface area contributed by atoms with Crippen molar-refractivity contribution in [3.63, 3.8) is 0 Å². The fraction of sp³-hybridized carbons (Fsp3) is 0.615. The number of nitrogens with zero attached hydrogens (tertiary/aromatic N) is 5. The summed E-state index contributed by atoms with van der Waals surface area (Å²) in [7, 11) is 1.73. The number of piperazine rings is 1. The number of allylic oxidation sites excluding steroid dienone is 2. The number of carbonyl (C=O) groups excluding carboxylic acids is 2. The van der Waals surface area contributed by atoms with Crippen molar-refractivity contribution in [1.82, 2.24) is 19.6 Å². The standard InChI is InChI=1S/C26H35N5O3/c1-17-13-23-21(24-22(25(32)28-23)15-27-31(24)19-7-4-5-8-19)14-20(17)26(33)30-11-10-29(18(2)16-30)9-6-12-34-3/h13-15,18-20H,4-12,16H2,1-3H3/t18-,20?/m0/s1. The van der Waals surface area contributed by atoms with Crippen LogP contribution >= 0.6 is 0 Å². The van der Waals surface area contributed by atoms with E-state index >= 15 is 0 Å². The maximum Gasteiger partial charge on any atom is 0.281 e.